The van der Waals surface area contributed by atoms with Gasteiger partial charge in [-0.05, 0) is 64.4 Å². The number of methoxy groups -OCH3 is 1. The molecule has 0 aromatic heterocycles. The monoisotopic (exact) mass is 403 g/mol. The summed E-state index contributed by atoms with van der Waals surface area (Å²) in [5.41, 5.74) is 0.679. The summed E-state index contributed by atoms with van der Waals surface area (Å²) in [5, 5.41) is 9.50. The third-order valence-electron chi connectivity index (χ3n) is 5.34. The van der Waals surface area contributed by atoms with Crippen molar-refractivity contribution in [3.63, 3.8) is 0 Å². The largest absolute Gasteiger partial charge is 0.497 e. The Bertz CT molecular complexity index is 684. The molecule has 1 aromatic rings. The maximum atomic E-state index is 12.0. The van der Waals surface area contributed by atoms with Crippen molar-refractivity contribution < 1.29 is 9.53 Å². The number of carbonyl (C=O) groups is 1. The topological polar surface area (TPSA) is 78.0 Å². The smallest absolute Gasteiger partial charge is 0.227 e. The first-order chi connectivity index (χ1) is 13.9. The lowest BCUT2D eigenvalue weighted by Crippen LogP contribution is -2.44. The zero-order valence-electron chi connectivity index (χ0n) is 18.5. The Hall–Kier alpha value is -2.28. The predicted octanol–water partition coefficient (Wildman–Crippen LogP) is 2.16. The molecule has 162 valence electrons. The van der Waals surface area contributed by atoms with Crippen LogP contribution >= 0.6 is 0 Å². The van der Waals surface area contributed by atoms with Crippen LogP contribution < -0.4 is 20.7 Å². The Labute approximate surface area is 175 Å². The lowest BCUT2D eigenvalue weighted by Gasteiger charge is -2.29. The first-order valence-corrected chi connectivity index (χ1v) is 10.5. The maximum Gasteiger partial charge on any atom is 0.227 e. The van der Waals surface area contributed by atoms with E-state index in [2.05, 4.69) is 38.0 Å². The van der Waals surface area contributed by atoms with Crippen LogP contribution in [0.5, 0.6) is 5.75 Å². The molecule has 1 aliphatic heterocycles. The van der Waals surface area contributed by atoms with Crippen LogP contribution in [0.15, 0.2) is 29.3 Å². The van der Waals surface area contributed by atoms with Crippen molar-refractivity contribution >= 4 is 11.9 Å². The molecular formula is C22H37N5O2. The molecule has 7 heteroatoms. The van der Waals surface area contributed by atoms with E-state index in [-0.39, 0.29) is 11.9 Å². The fourth-order valence-corrected chi connectivity index (χ4v) is 3.58. The first kappa shape index (κ1) is 23.0. The van der Waals surface area contributed by atoms with E-state index < -0.39 is 5.41 Å². The van der Waals surface area contributed by atoms with Gasteiger partial charge in [0.1, 0.15) is 5.75 Å². The Kier molecular flexibility index (Phi) is 8.76. The second kappa shape index (κ2) is 11.0. The number of hydrogen-bond acceptors (Lipinski definition) is 4. The van der Waals surface area contributed by atoms with Crippen molar-refractivity contribution in [3.05, 3.63) is 29.8 Å². The van der Waals surface area contributed by atoms with Gasteiger partial charge in [0.05, 0.1) is 25.1 Å². The van der Waals surface area contributed by atoms with Gasteiger partial charge < -0.3 is 20.7 Å². The number of nitrogens with zero attached hydrogens (tertiary/aromatic N) is 2. The number of carbonyl (C=O) groups excluding carboxylic acids is 1. The zero-order valence-corrected chi connectivity index (χ0v) is 18.5. The van der Waals surface area contributed by atoms with Crippen LogP contribution in [0.3, 0.4) is 0 Å². The van der Waals surface area contributed by atoms with Gasteiger partial charge in [-0.1, -0.05) is 12.1 Å². The number of rotatable bonds is 9. The molecule has 1 unspecified atom stereocenters. The summed E-state index contributed by atoms with van der Waals surface area (Å²) in [6.07, 6.45) is 2.46. The Balaban J connectivity index is 2.13. The number of amides is 1. The predicted molar refractivity (Wildman–Crippen MR) is 118 cm³/mol. The second-order valence-corrected chi connectivity index (χ2v) is 8.07. The minimum absolute atomic E-state index is 0.0107. The Morgan fingerprint density at radius 1 is 1.28 bits per heavy atom. The second-order valence-electron chi connectivity index (χ2n) is 8.07. The molecule has 1 heterocycles. The summed E-state index contributed by atoms with van der Waals surface area (Å²) < 4.78 is 5.43. The highest BCUT2D eigenvalue weighted by Crippen LogP contribution is 2.27. The van der Waals surface area contributed by atoms with Crippen molar-refractivity contribution in [1.82, 2.24) is 20.9 Å². The Morgan fingerprint density at radius 3 is 2.62 bits per heavy atom. The highest BCUT2D eigenvalue weighted by molar-refractivity contribution is 5.83. The maximum absolute atomic E-state index is 12.0. The minimum Gasteiger partial charge on any atom is -0.497 e. The van der Waals surface area contributed by atoms with Crippen LogP contribution in [0.25, 0.3) is 0 Å². The number of hydrogen-bond donors (Lipinski definition) is 3. The summed E-state index contributed by atoms with van der Waals surface area (Å²) in [7, 11) is 3.36. The standard InChI is InChI=1S/C22H37N5O2/c1-6-24-21(26-16-22(2,3)20(28)23-4)25-15-19(27-12-7-8-13-27)17-10-9-11-18(14-17)29-5/h9-11,14,19H,6-8,12-13,15-16H2,1-5H3,(H,23,28)(H2,24,25,26). The molecule has 0 aliphatic carbocycles. The van der Waals surface area contributed by atoms with E-state index in [9.17, 15) is 4.79 Å². The molecular weight excluding hydrogens is 366 g/mol. The van der Waals surface area contributed by atoms with Gasteiger partial charge in [-0.25, -0.2) is 0 Å². The molecule has 0 spiro atoms. The lowest BCUT2D eigenvalue weighted by molar-refractivity contribution is -0.128. The summed E-state index contributed by atoms with van der Waals surface area (Å²) in [6.45, 7) is 9.96. The molecule has 1 atom stereocenters. The highest BCUT2D eigenvalue weighted by Gasteiger charge is 2.27. The fourth-order valence-electron chi connectivity index (χ4n) is 3.58. The number of guanidine groups is 1. The minimum atomic E-state index is -0.557. The molecule has 29 heavy (non-hydrogen) atoms. The SMILES string of the molecule is CCNC(=NCC(C)(C)C(=O)NC)NCC(c1cccc(OC)c1)N1CCCC1. The number of nitrogens with one attached hydrogen (secondary N) is 3. The highest BCUT2D eigenvalue weighted by atomic mass is 16.5. The van der Waals surface area contributed by atoms with Gasteiger partial charge in [-0.2, -0.15) is 0 Å². The molecule has 1 amide bonds. The normalized spacial score (nSPS) is 16.4. The zero-order chi connectivity index (χ0) is 21.3. The summed E-state index contributed by atoms with van der Waals surface area (Å²) in [4.78, 5) is 19.2. The molecule has 1 aromatic carbocycles. The average molecular weight is 404 g/mol. The third kappa shape index (κ3) is 6.63. The van der Waals surface area contributed by atoms with Gasteiger partial charge in [0, 0.05) is 20.1 Å². The van der Waals surface area contributed by atoms with Crippen LogP contribution in [0, 0.1) is 5.41 Å². The molecule has 1 aliphatic rings. The molecule has 1 fully saturated rings. The van der Waals surface area contributed by atoms with E-state index in [0.717, 1.165) is 37.9 Å². The first-order valence-electron chi connectivity index (χ1n) is 10.5. The van der Waals surface area contributed by atoms with Crippen LogP contribution in [0.4, 0.5) is 0 Å². The molecule has 0 bridgehead atoms. The Morgan fingerprint density at radius 2 is 2.00 bits per heavy atom. The van der Waals surface area contributed by atoms with Crippen LogP contribution in [0.2, 0.25) is 0 Å². The van der Waals surface area contributed by atoms with E-state index in [1.807, 2.05) is 32.9 Å². The summed E-state index contributed by atoms with van der Waals surface area (Å²) in [5.74, 6) is 1.60. The van der Waals surface area contributed by atoms with Crippen LogP contribution in [-0.2, 0) is 4.79 Å². The van der Waals surface area contributed by atoms with Crippen molar-refractivity contribution in [2.75, 3.05) is 46.9 Å². The summed E-state index contributed by atoms with van der Waals surface area (Å²) in [6, 6.07) is 8.53. The van der Waals surface area contributed by atoms with E-state index in [4.69, 9.17) is 4.74 Å². The fraction of sp³-hybridized carbons (Fsp3) is 0.636. The van der Waals surface area contributed by atoms with Gasteiger partial charge in [0.25, 0.3) is 0 Å². The van der Waals surface area contributed by atoms with Gasteiger partial charge >= 0.3 is 0 Å². The van der Waals surface area contributed by atoms with Gasteiger partial charge in [-0.3, -0.25) is 14.7 Å². The molecule has 7 nitrogen and oxygen atoms in total. The van der Waals surface area contributed by atoms with E-state index in [1.165, 1.54) is 18.4 Å². The van der Waals surface area contributed by atoms with E-state index in [1.54, 1.807) is 14.2 Å². The molecule has 3 N–H and O–H groups in total. The molecule has 0 radical (unpaired) electrons. The summed E-state index contributed by atoms with van der Waals surface area (Å²) >= 11 is 0. The molecule has 0 saturated carbocycles. The molecule has 2 rings (SSSR count). The number of likely N-dealkylation sites (tertiary alicyclic amines) is 1. The number of aliphatic imine (C=N–C) groups is 1. The third-order valence-corrected chi connectivity index (χ3v) is 5.34. The van der Waals surface area contributed by atoms with Crippen molar-refractivity contribution in [2.45, 2.75) is 39.7 Å². The van der Waals surface area contributed by atoms with E-state index in [0.29, 0.717) is 6.54 Å². The van der Waals surface area contributed by atoms with Gasteiger partial charge in [-0.15, -0.1) is 0 Å². The quantitative estimate of drug-likeness (QED) is 0.435. The van der Waals surface area contributed by atoms with Crippen LogP contribution in [0.1, 0.15) is 45.2 Å². The lowest BCUT2D eigenvalue weighted by atomic mass is 9.93. The van der Waals surface area contributed by atoms with Gasteiger partial charge in [0.15, 0.2) is 5.96 Å². The van der Waals surface area contributed by atoms with Crippen LogP contribution in [-0.4, -0.2) is 63.6 Å². The van der Waals surface area contributed by atoms with Crippen molar-refractivity contribution in [3.8, 4) is 5.75 Å². The average Bonchev–Trinajstić information content (AvgIpc) is 3.26. The number of ether oxygens (including phenoxy) is 1. The molecule has 1 saturated heterocycles. The van der Waals surface area contributed by atoms with Crippen molar-refractivity contribution in [1.29, 1.82) is 0 Å². The van der Waals surface area contributed by atoms with Gasteiger partial charge in [0.2, 0.25) is 5.91 Å². The van der Waals surface area contributed by atoms with Crippen molar-refractivity contribution in [2.24, 2.45) is 10.4 Å². The number of benzene rings is 1. The van der Waals surface area contributed by atoms with E-state index >= 15 is 0 Å².